The number of aryl methyl sites for hydroxylation is 1. The highest BCUT2D eigenvalue weighted by molar-refractivity contribution is 6.01. The van der Waals surface area contributed by atoms with E-state index in [9.17, 15) is 20.1 Å². The van der Waals surface area contributed by atoms with E-state index < -0.39 is 17.3 Å². The maximum atomic E-state index is 12.0. The topological polar surface area (TPSA) is 129 Å². The van der Waals surface area contributed by atoms with Gasteiger partial charge in [0.2, 0.25) is 0 Å². The number of aromatic hydroxyl groups is 4. The zero-order valence-electron chi connectivity index (χ0n) is 11.1. The van der Waals surface area contributed by atoms with Crippen LogP contribution in [0.25, 0.3) is 0 Å². The molecule has 6 nitrogen and oxygen atoms in total. The Morgan fingerprint density at radius 2 is 1.38 bits per heavy atom. The average Bonchev–Trinajstić information content (AvgIpc) is 2.37. The van der Waals surface area contributed by atoms with Crippen molar-refractivity contribution < 1.29 is 30.7 Å². The number of rotatable bonds is 4. The highest BCUT2D eigenvalue weighted by atomic mass is 16.3. The summed E-state index contributed by atoms with van der Waals surface area (Å²) in [6, 6.07) is 8.45. The molecule has 0 fully saturated rings. The van der Waals surface area contributed by atoms with Crippen LogP contribution in [0.4, 0.5) is 0 Å². The van der Waals surface area contributed by atoms with E-state index in [0.717, 1.165) is 17.7 Å². The first kappa shape index (κ1) is 16.3. The van der Waals surface area contributed by atoms with Crippen molar-refractivity contribution in [3.8, 4) is 23.0 Å². The largest absolute Gasteiger partial charge is 0.508 e. The van der Waals surface area contributed by atoms with Crippen molar-refractivity contribution in [1.29, 1.82) is 0 Å². The third-order valence-electron chi connectivity index (χ3n) is 2.94. The van der Waals surface area contributed by atoms with Crippen LogP contribution in [-0.2, 0) is 6.42 Å². The molecule has 112 valence electrons. The molecule has 2 rings (SSSR count). The highest BCUT2D eigenvalue weighted by Gasteiger charge is 2.17. The van der Waals surface area contributed by atoms with E-state index in [0.29, 0.717) is 6.42 Å². The van der Waals surface area contributed by atoms with Gasteiger partial charge in [-0.2, -0.15) is 0 Å². The lowest BCUT2D eigenvalue weighted by molar-refractivity contribution is 0.0977. The molecule has 0 aromatic heterocycles. The van der Waals surface area contributed by atoms with Gasteiger partial charge in [0.15, 0.2) is 5.78 Å². The summed E-state index contributed by atoms with van der Waals surface area (Å²) in [4.78, 5) is 12.0. The molecule has 0 radical (unpaired) electrons. The van der Waals surface area contributed by atoms with Crippen LogP contribution in [0, 0.1) is 0 Å². The molecule has 6 heteroatoms. The summed E-state index contributed by atoms with van der Waals surface area (Å²) in [5.74, 6) is -1.48. The highest BCUT2D eigenvalue weighted by Crippen LogP contribution is 2.33. The Kier molecular flexibility index (Phi) is 5.15. The molecule has 0 amide bonds. The molecule has 0 saturated heterocycles. The van der Waals surface area contributed by atoms with Gasteiger partial charge in [-0.15, -0.1) is 0 Å². The van der Waals surface area contributed by atoms with Crippen LogP contribution in [0.15, 0.2) is 36.4 Å². The van der Waals surface area contributed by atoms with Gasteiger partial charge in [0, 0.05) is 18.6 Å². The summed E-state index contributed by atoms with van der Waals surface area (Å²) in [5.41, 5.74) is 0.662. The first-order valence-electron chi connectivity index (χ1n) is 6.03. The zero-order valence-corrected chi connectivity index (χ0v) is 11.1. The smallest absolute Gasteiger partial charge is 0.170 e. The third-order valence-corrected chi connectivity index (χ3v) is 2.94. The third kappa shape index (κ3) is 3.87. The number of carbonyl (C=O) groups is 1. The molecule has 0 bridgehead atoms. The van der Waals surface area contributed by atoms with E-state index in [2.05, 4.69) is 0 Å². The fourth-order valence-electron chi connectivity index (χ4n) is 1.93. The predicted octanol–water partition coefficient (Wildman–Crippen LogP) is 1.50. The van der Waals surface area contributed by atoms with E-state index in [1.807, 2.05) is 0 Å². The van der Waals surface area contributed by atoms with Crippen LogP contribution >= 0.6 is 0 Å². The van der Waals surface area contributed by atoms with Crippen molar-refractivity contribution in [3.63, 3.8) is 0 Å². The van der Waals surface area contributed by atoms with Gasteiger partial charge < -0.3 is 25.9 Å². The first-order valence-corrected chi connectivity index (χ1v) is 6.03. The van der Waals surface area contributed by atoms with Crippen molar-refractivity contribution in [3.05, 3.63) is 47.5 Å². The van der Waals surface area contributed by atoms with Crippen molar-refractivity contribution in [2.24, 2.45) is 0 Å². The van der Waals surface area contributed by atoms with E-state index in [4.69, 9.17) is 5.11 Å². The monoisotopic (exact) mass is 292 g/mol. The maximum Gasteiger partial charge on any atom is 0.170 e. The van der Waals surface area contributed by atoms with Crippen LogP contribution in [0.1, 0.15) is 22.3 Å². The van der Waals surface area contributed by atoms with Gasteiger partial charge in [-0.25, -0.2) is 0 Å². The molecule has 2 aromatic carbocycles. The normalized spacial score (nSPS) is 9.90. The summed E-state index contributed by atoms with van der Waals surface area (Å²) in [7, 11) is 0. The molecule has 0 atom stereocenters. The standard InChI is InChI=1S/C15H14O5.H2O/c16-10-4-1-9(2-5-10)3-6-12(18)15-13(19)7-11(17)8-14(15)20;/h1-2,4-5,7-8,16-17,19-20H,3,6H2;1H2. The van der Waals surface area contributed by atoms with Gasteiger partial charge in [-0.1, -0.05) is 12.1 Å². The SMILES string of the molecule is O.O=C(CCc1ccc(O)cc1)c1c(O)cc(O)cc1O. The van der Waals surface area contributed by atoms with Gasteiger partial charge in [-0.3, -0.25) is 4.79 Å². The molecule has 0 unspecified atom stereocenters. The molecule has 0 aliphatic rings. The molecule has 0 heterocycles. The predicted molar refractivity (Wildman–Crippen MR) is 75.8 cm³/mol. The van der Waals surface area contributed by atoms with Crippen molar-refractivity contribution >= 4 is 5.78 Å². The number of phenols is 4. The van der Waals surface area contributed by atoms with Crippen LogP contribution in [0.3, 0.4) is 0 Å². The zero-order chi connectivity index (χ0) is 14.7. The van der Waals surface area contributed by atoms with Gasteiger partial charge in [0.1, 0.15) is 28.6 Å². The van der Waals surface area contributed by atoms with Crippen molar-refractivity contribution in [2.45, 2.75) is 12.8 Å². The van der Waals surface area contributed by atoms with Crippen LogP contribution < -0.4 is 0 Å². The number of phenolic OH excluding ortho intramolecular Hbond substituents is 4. The summed E-state index contributed by atoms with van der Waals surface area (Å²) >= 11 is 0. The summed E-state index contributed by atoms with van der Waals surface area (Å²) < 4.78 is 0. The van der Waals surface area contributed by atoms with Gasteiger partial charge in [0.25, 0.3) is 0 Å². The Bertz CT molecular complexity index is 610. The Morgan fingerprint density at radius 1 is 0.857 bits per heavy atom. The van der Waals surface area contributed by atoms with E-state index in [1.165, 1.54) is 12.1 Å². The molecule has 21 heavy (non-hydrogen) atoms. The summed E-state index contributed by atoms with van der Waals surface area (Å²) in [6.07, 6.45) is 0.509. The number of hydrogen-bond acceptors (Lipinski definition) is 5. The van der Waals surface area contributed by atoms with Crippen LogP contribution in [0.5, 0.6) is 23.0 Å². The summed E-state index contributed by atoms with van der Waals surface area (Å²) in [6.45, 7) is 0. The molecule has 2 aromatic rings. The number of ketones is 1. The Balaban J connectivity index is 0.00000220. The first-order chi connectivity index (χ1) is 9.47. The molecule has 0 aliphatic carbocycles. The fourth-order valence-corrected chi connectivity index (χ4v) is 1.93. The van der Waals surface area contributed by atoms with Crippen LogP contribution in [0.2, 0.25) is 0 Å². The molecular weight excluding hydrogens is 276 g/mol. The van der Waals surface area contributed by atoms with Crippen LogP contribution in [-0.4, -0.2) is 31.7 Å². The molecule has 6 N–H and O–H groups in total. The second-order valence-electron chi connectivity index (χ2n) is 4.45. The Hall–Kier alpha value is -2.73. The Morgan fingerprint density at radius 3 is 1.90 bits per heavy atom. The fraction of sp³-hybridized carbons (Fsp3) is 0.133. The maximum absolute atomic E-state index is 12.0. The van der Waals surface area contributed by atoms with E-state index in [-0.39, 0.29) is 29.0 Å². The number of benzene rings is 2. The second kappa shape index (κ2) is 6.62. The van der Waals surface area contributed by atoms with Gasteiger partial charge in [-0.05, 0) is 24.1 Å². The Labute approximate surface area is 120 Å². The second-order valence-corrected chi connectivity index (χ2v) is 4.45. The lowest BCUT2D eigenvalue weighted by atomic mass is 10.0. The van der Waals surface area contributed by atoms with Gasteiger partial charge >= 0.3 is 0 Å². The molecular formula is C15H16O6. The molecule has 0 saturated carbocycles. The van der Waals surface area contributed by atoms with Crippen molar-refractivity contribution in [1.82, 2.24) is 0 Å². The lowest BCUT2D eigenvalue weighted by Gasteiger charge is -2.07. The number of hydrogen-bond donors (Lipinski definition) is 4. The van der Waals surface area contributed by atoms with E-state index >= 15 is 0 Å². The van der Waals surface area contributed by atoms with E-state index in [1.54, 1.807) is 12.1 Å². The summed E-state index contributed by atoms with van der Waals surface area (Å²) in [5, 5.41) is 37.5. The lowest BCUT2D eigenvalue weighted by Crippen LogP contribution is -2.02. The minimum absolute atomic E-state index is 0. The molecule has 0 aliphatic heterocycles. The number of carbonyl (C=O) groups excluding carboxylic acids is 1. The van der Waals surface area contributed by atoms with Crippen molar-refractivity contribution in [2.75, 3.05) is 0 Å². The molecule has 0 spiro atoms. The minimum atomic E-state index is -0.446. The van der Waals surface area contributed by atoms with Gasteiger partial charge in [0.05, 0.1) is 0 Å². The number of Topliss-reactive ketones (excluding diaryl/α,β-unsaturated/α-hetero) is 1. The average molecular weight is 292 g/mol. The quantitative estimate of drug-likeness (QED) is 0.634. The minimum Gasteiger partial charge on any atom is -0.508 e.